The van der Waals surface area contributed by atoms with Gasteiger partial charge in [-0.25, -0.2) is 36.4 Å². The van der Waals surface area contributed by atoms with Crippen molar-refractivity contribution in [3.8, 4) is 12.1 Å². The molecule has 2 radical (unpaired) electrons. The molecule has 0 heterocycles. The van der Waals surface area contributed by atoms with Crippen molar-refractivity contribution in [2.75, 3.05) is 0 Å². The number of thiocarbonyl (C=S) groups is 4. The first kappa shape index (κ1) is 73.3. The molecule has 0 fully saturated rings. The minimum atomic E-state index is 0. The maximum absolute atomic E-state index is 7.32. The predicted molar refractivity (Wildman–Crippen MR) is 246 cm³/mol. The van der Waals surface area contributed by atoms with Crippen LogP contribution in [0.15, 0.2) is 117 Å². The first-order valence-electron chi connectivity index (χ1n) is 15.3. The molecule has 4 rings (SSSR count). The molecule has 330 valence electrons. The van der Waals surface area contributed by atoms with Crippen LogP contribution in [-0.2, 0) is 67.7 Å². The fourth-order valence-electron chi connectivity index (χ4n) is 3.19. The van der Waals surface area contributed by atoms with Crippen LogP contribution in [0.4, 0.5) is 0 Å². The van der Waals surface area contributed by atoms with Gasteiger partial charge in [-0.15, -0.1) is 28.3 Å². The summed E-state index contributed by atoms with van der Waals surface area (Å²) in [7, 11) is 0. The summed E-state index contributed by atoms with van der Waals surface area (Å²) >= 11 is 18.2. The van der Waals surface area contributed by atoms with E-state index in [1.807, 2.05) is 125 Å². The molecule has 60 heavy (non-hydrogen) atoms. The smallest absolute Gasteiger partial charge is 0.870 e. The fourth-order valence-corrected chi connectivity index (χ4v) is 3.35. The van der Waals surface area contributed by atoms with Gasteiger partial charge in [0, 0.05) is 34.3 Å². The van der Waals surface area contributed by atoms with E-state index in [4.69, 9.17) is 33.5 Å². The van der Waals surface area contributed by atoms with Crippen LogP contribution >= 0.6 is 48.9 Å². The number of nitriles is 2. The van der Waals surface area contributed by atoms with Crippen LogP contribution in [0, 0.1) is 22.7 Å². The Morgan fingerprint density at radius 2 is 0.800 bits per heavy atom. The molecule has 0 unspecified atom stereocenters. The largest absolute Gasteiger partial charge is 2.00 e. The summed E-state index contributed by atoms with van der Waals surface area (Å²) in [6, 6.07) is 34.6. The van der Waals surface area contributed by atoms with E-state index in [1.54, 1.807) is 12.1 Å². The van der Waals surface area contributed by atoms with Crippen molar-refractivity contribution in [2.24, 2.45) is 43.3 Å². The standard InChI is InChI=1S/4C8H10N3S.2C2H3N.2Co.2Fe.2H2O/c4*1-6(10-11-8(9)12)7-4-2-3-5-7;2*1-2-3;;;;;;/h4*2-5H,1H3,(H3,9,11,12);2*1H3;;;;;2*1H2/q4*-1;;;4*+2;;/p-4/b4*10-6+;;;;;;;;. The monoisotopic (exact) mass is 1060 g/mol. The third-order valence-electron chi connectivity index (χ3n) is 5.52. The molecule has 0 aliphatic heterocycles. The minimum Gasteiger partial charge on any atom is -0.870 e. The molecule has 0 aliphatic carbocycles. The maximum atomic E-state index is 7.32. The zero-order valence-electron chi connectivity index (χ0n) is 34.9. The molecule has 4 aromatic rings. The van der Waals surface area contributed by atoms with Crippen molar-refractivity contribution < 1.29 is 81.5 Å². The molecule has 0 saturated heterocycles. The Hall–Kier alpha value is -4.21. The molecular formula is C36H46Co2Fe2N14O2S4. The summed E-state index contributed by atoms with van der Waals surface area (Å²) in [5.74, 6) is 0. The predicted octanol–water partition coefficient (Wildman–Crippen LogP) is 7.91. The third kappa shape index (κ3) is 41.9. The molecule has 0 amide bonds. The van der Waals surface area contributed by atoms with E-state index in [-0.39, 0.29) is 102 Å². The summed E-state index contributed by atoms with van der Waals surface area (Å²) in [6.07, 6.45) is 0. The van der Waals surface area contributed by atoms with Crippen LogP contribution in [-0.4, -0.2) is 54.2 Å². The van der Waals surface area contributed by atoms with Gasteiger partial charge in [-0.1, -0.05) is 55.8 Å². The Morgan fingerprint density at radius 3 is 1.00 bits per heavy atom. The van der Waals surface area contributed by atoms with Crippen molar-refractivity contribution in [1.82, 2.24) is 0 Å². The minimum absolute atomic E-state index is 0. The summed E-state index contributed by atoms with van der Waals surface area (Å²) in [5.41, 5.74) is 42.3. The number of hydrogen-bond donors (Lipinski definition) is 4. The second-order valence-corrected chi connectivity index (χ2v) is 11.3. The average Bonchev–Trinajstić information content (AvgIpc) is 3.97. The first-order valence-corrected chi connectivity index (χ1v) is 16.9. The Kier molecular flexibility index (Phi) is 58.0. The molecule has 0 spiro atoms. The van der Waals surface area contributed by atoms with E-state index in [0.717, 1.165) is 45.1 Å². The van der Waals surface area contributed by atoms with Gasteiger partial charge in [0.15, 0.2) is 0 Å². The molecule has 10 N–H and O–H groups in total. The van der Waals surface area contributed by atoms with Crippen LogP contribution in [0.3, 0.4) is 0 Å². The van der Waals surface area contributed by atoms with Crippen LogP contribution in [0.25, 0.3) is 21.7 Å². The van der Waals surface area contributed by atoms with E-state index in [1.165, 1.54) is 13.8 Å². The van der Waals surface area contributed by atoms with Gasteiger partial charge in [0.2, 0.25) is 0 Å². The molecule has 0 atom stereocenters. The van der Waals surface area contributed by atoms with Crippen LogP contribution in [0.1, 0.15) is 66.6 Å². The summed E-state index contributed by atoms with van der Waals surface area (Å²) < 4.78 is 0. The fraction of sp³-hybridized carbons (Fsp3) is 0.167. The second kappa shape index (κ2) is 47.5. The van der Waals surface area contributed by atoms with Crippen molar-refractivity contribution in [3.63, 3.8) is 0 Å². The Balaban J connectivity index is -0.0000000668. The van der Waals surface area contributed by atoms with Crippen molar-refractivity contribution in [3.05, 3.63) is 141 Å². The topological polar surface area (TPSA) is 318 Å². The summed E-state index contributed by atoms with van der Waals surface area (Å²) in [5, 5.41) is 30.2. The van der Waals surface area contributed by atoms with E-state index >= 15 is 0 Å². The average molecular weight is 1060 g/mol. The van der Waals surface area contributed by atoms with Crippen LogP contribution in [0.2, 0.25) is 0 Å². The van der Waals surface area contributed by atoms with Crippen LogP contribution in [0.5, 0.6) is 0 Å². The van der Waals surface area contributed by atoms with Gasteiger partial charge in [0.1, 0.15) is 0 Å². The Labute approximate surface area is 418 Å². The van der Waals surface area contributed by atoms with Crippen molar-refractivity contribution in [1.29, 1.82) is 10.5 Å². The van der Waals surface area contributed by atoms with E-state index < -0.39 is 0 Å². The molecule has 16 nitrogen and oxygen atoms in total. The van der Waals surface area contributed by atoms with E-state index in [2.05, 4.69) is 91.0 Å². The zero-order chi connectivity index (χ0) is 41.3. The van der Waals surface area contributed by atoms with Crippen molar-refractivity contribution in [2.45, 2.75) is 41.5 Å². The van der Waals surface area contributed by atoms with E-state index in [0.29, 0.717) is 0 Å². The first-order chi connectivity index (χ1) is 25.6. The normalized spacial score (nSPS) is 9.27. The molecule has 0 aromatic heterocycles. The SMILES string of the molecule is C/C(=N\[N-]C(N)=S)[c-]1cccc1.C/C(=N\[N-]C(N)=S)[c-]1cccc1.C/C(=N\[N-]C(N)=S)[c-]1cccc1.C/C(=N\[N-]C(N)=S)c1ccc[cH-]1.CC#N.CC#N.[Co+2].[Co+2].[Fe+2].[Fe+2].[H+].[H+].[OH-].[OH-]. The molecule has 4 aromatic carbocycles. The number of nitrogens with two attached hydrogens (primary N) is 4. The maximum Gasteiger partial charge on any atom is 2.00 e. The quantitative estimate of drug-likeness (QED) is 0.0430. The van der Waals surface area contributed by atoms with E-state index in [9.17, 15) is 0 Å². The molecule has 0 aliphatic rings. The van der Waals surface area contributed by atoms with Gasteiger partial charge >= 0.3 is 70.5 Å². The number of hydrogen-bond acceptors (Lipinski definition) is 12. The zero-order valence-corrected chi connectivity index (χ0v) is 40.5. The van der Waals surface area contributed by atoms with Crippen molar-refractivity contribution >= 4 is 92.2 Å². The van der Waals surface area contributed by atoms with Gasteiger partial charge in [-0.2, -0.15) is 65.1 Å². The van der Waals surface area contributed by atoms with Gasteiger partial charge in [-0.3, -0.25) is 15.3 Å². The Bertz CT molecular complexity index is 1630. The Morgan fingerprint density at radius 1 is 0.567 bits per heavy atom. The van der Waals surface area contributed by atoms with Gasteiger partial charge in [-0.05, 0) is 43.6 Å². The van der Waals surface area contributed by atoms with Gasteiger partial charge in [0.25, 0.3) is 0 Å². The number of rotatable bonds is 8. The molecular weight excluding hydrogens is 1020 g/mol. The molecule has 24 heteroatoms. The number of nitrogens with zero attached hydrogens (tertiary/aromatic N) is 10. The molecule has 0 bridgehead atoms. The van der Waals surface area contributed by atoms with Crippen LogP contribution < -0.4 is 22.9 Å². The summed E-state index contributed by atoms with van der Waals surface area (Å²) in [6.45, 7) is 10.3. The second-order valence-electron chi connectivity index (χ2n) is 9.64. The molecule has 0 saturated carbocycles. The summed E-state index contributed by atoms with van der Waals surface area (Å²) in [4.78, 5) is 0. The van der Waals surface area contributed by atoms with Gasteiger partial charge in [0.05, 0.1) is 12.1 Å². The van der Waals surface area contributed by atoms with Gasteiger partial charge < -0.3 is 60.7 Å². The third-order valence-corrected chi connectivity index (χ3v) is 5.84.